The SMILES string of the molecule is CNC(C)CC1CN(C)CCN1. The minimum atomic E-state index is 0.619. The van der Waals surface area contributed by atoms with Crippen molar-refractivity contribution >= 4 is 0 Å². The monoisotopic (exact) mass is 171 g/mol. The van der Waals surface area contributed by atoms with Crippen LogP contribution < -0.4 is 10.6 Å². The molecular weight excluding hydrogens is 150 g/mol. The van der Waals surface area contributed by atoms with E-state index >= 15 is 0 Å². The van der Waals surface area contributed by atoms with Gasteiger partial charge in [-0.15, -0.1) is 0 Å². The Morgan fingerprint density at radius 3 is 3.00 bits per heavy atom. The maximum absolute atomic E-state index is 3.53. The van der Waals surface area contributed by atoms with E-state index in [4.69, 9.17) is 0 Å². The Morgan fingerprint density at radius 2 is 2.42 bits per heavy atom. The van der Waals surface area contributed by atoms with Crippen LogP contribution in [0.1, 0.15) is 13.3 Å². The van der Waals surface area contributed by atoms with Crippen molar-refractivity contribution in [3.8, 4) is 0 Å². The molecule has 0 aromatic carbocycles. The van der Waals surface area contributed by atoms with Crippen molar-refractivity contribution in [2.75, 3.05) is 33.7 Å². The molecule has 72 valence electrons. The molecule has 0 aliphatic carbocycles. The Bertz CT molecular complexity index is 127. The molecule has 1 fully saturated rings. The van der Waals surface area contributed by atoms with E-state index in [1.54, 1.807) is 0 Å². The lowest BCUT2D eigenvalue weighted by Crippen LogP contribution is -2.50. The van der Waals surface area contributed by atoms with Gasteiger partial charge in [0.2, 0.25) is 0 Å². The summed E-state index contributed by atoms with van der Waals surface area (Å²) >= 11 is 0. The molecule has 0 aromatic heterocycles. The minimum Gasteiger partial charge on any atom is -0.317 e. The molecule has 0 aromatic rings. The number of rotatable bonds is 3. The van der Waals surface area contributed by atoms with Gasteiger partial charge in [0.25, 0.3) is 0 Å². The Morgan fingerprint density at radius 1 is 1.67 bits per heavy atom. The Hall–Kier alpha value is -0.120. The zero-order valence-corrected chi connectivity index (χ0v) is 8.43. The highest BCUT2D eigenvalue weighted by Crippen LogP contribution is 2.03. The predicted molar refractivity (Wildman–Crippen MR) is 52.4 cm³/mol. The largest absolute Gasteiger partial charge is 0.317 e. The molecule has 2 N–H and O–H groups in total. The maximum Gasteiger partial charge on any atom is 0.0210 e. The first-order valence-electron chi connectivity index (χ1n) is 4.81. The highest BCUT2D eigenvalue weighted by atomic mass is 15.2. The highest BCUT2D eigenvalue weighted by Gasteiger charge is 2.17. The van der Waals surface area contributed by atoms with Gasteiger partial charge in [-0.2, -0.15) is 0 Å². The molecule has 1 aliphatic rings. The highest BCUT2D eigenvalue weighted by molar-refractivity contribution is 4.79. The molecule has 1 saturated heterocycles. The van der Waals surface area contributed by atoms with Crippen molar-refractivity contribution in [3.05, 3.63) is 0 Å². The van der Waals surface area contributed by atoms with E-state index in [9.17, 15) is 0 Å². The third kappa shape index (κ3) is 3.09. The average molecular weight is 171 g/mol. The summed E-state index contributed by atoms with van der Waals surface area (Å²) in [5.74, 6) is 0. The van der Waals surface area contributed by atoms with E-state index in [1.165, 1.54) is 19.5 Å². The second-order valence-electron chi connectivity index (χ2n) is 3.84. The average Bonchev–Trinajstić information content (AvgIpc) is 2.04. The molecule has 2 atom stereocenters. The van der Waals surface area contributed by atoms with Gasteiger partial charge in [0.05, 0.1) is 0 Å². The van der Waals surface area contributed by atoms with E-state index in [-0.39, 0.29) is 0 Å². The van der Waals surface area contributed by atoms with Gasteiger partial charge in [0, 0.05) is 31.7 Å². The second-order valence-corrected chi connectivity index (χ2v) is 3.84. The topological polar surface area (TPSA) is 27.3 Å². The number of hydrogen-bond donors (Lipinski definition) is 2. The van der Waals surface area contributed by atoms with Crippen LogP contribution >= 0.6 is 0 Å². The molecule has 0 spiro atoms. The van der Waals surface area contributed by atoms with Crippen LogP contribution in [0.4, 0.5) is 0 Å². The Kier molecular flexibility index (Phi) is 3.98. The predicted octanol–water partition coefficient (Wildman–Crippen LogP) is -0.112. The first-order chi connectivity index (χ1) is 5.72. The Balaban J connectivity index is 2.22. The van der Waals surface area contributed by atoms with E-state index in [1.807, 2.05) is 7.05 Å². The van der Waals surface area contributed by atoms with Crippen LogP contribution in [0.5, 0.6) is 0 Å². The molecule has 2 unspecified atom stereocenters. The van der Waals surface area contributed by atoms with E-state index in [0.29, 0.717) is 12.1 Å². The molecule has 1 rings (SSSR count). The van der Waals surface area contributed by atoms with Crippen molar-refractivity contribution in [2.45, 2.75) is 25.4 Å². The van der Waals surface area contributed by atoms with Crippen molar-refractivity contribution in [2.24, 2.45) is 0 Å². The van der Waals surface area contributed by atoms with Gasteiger partial charge in [-0.1, -0.05) is 0 Å². The van der Waals surface area contributed by atoms with Gasteiger partial charge in [-0.3, -0.25) is 0 Å². The van der Waals surface area contributed by atoms with Gasteiger partial charge in [-0.25, -0.2) is 0 Å². The molecule has 12 heavy (non-hydrogen) atoms. The van der Waals surface area contributed by atoms with Gasteiger partial charge < -0.3 is 15.5 Å². The van der Waals surface area contributed by atoms with Gasteiger partial charge in [0.15, 0.2) is 0 Å². The molecule has 0 radical (unpaired) electrons. The number of hydrogen-bond acceptors (Lipinski definition) is 3. The van der Waals surface area contributed by atoms with Crippen LogP contribution in [0.25, 0.3) is 0 Å². The summed E-state index contributed by atoms with van der Waals surface area (Å²) in [6, 6.07) is 1.29. The smallest absolute Gasteiger partial charge is 0.0210 e. The number of likely N-dealkylation sites (N-methyl/N-ethyl adjacent to an activating group) is 1. The lowest BCUT2D eigenvalue weighted by molar-refractivity contribution is 0.223. The third-order valence-corrected chi connectivity index (χ3v) is 2.59. The molecule has 1 heterocycles. The summed E-state index contributed by atoms with van der Waals surface area (Å²) in [5.41, 5.74) is 0. The number of nitrogens with zero attached hydrogens (tertiary/aromatic N) is 1. The molecule has 0 bridgehead atoms. The van der Waals surface area contributed by atoms with Crippen LogP contribution in [0.3, 0.4) is 0 Å². The molecule has 0 saturated carbocycles. The first-order valence-corrected chi connectivity index (χ1v) is 4.81. The second kappa shape index (κ2) is 4.80. The van der Waals surface area contributed by atoms with Crippen LogP contribution in [0, 0.1) is 0 Å². The molecule has 0 amide bonds. The van der Waals surface area contributed by atoms with E-state index in [0.717, 1.165) is 6.54 Å². The van der Waals surface area contributed by atoms with Crippen LogP contribution in [-0.4, -0.2) is 50.7 Å². The quantitative estimate of drug-likeness (QED) is 0.620. The van der Waals surface area contributed by atoms with Gasteiger partial charge in [-0.05, 0) is 27.4 Å². The fraction of sp³-hybridized carbons (Fsp3) is 1.00. The molecule has 3 nitrogen and oxygen atoms in total. The zero-order valence-electron chi connectivity index (χ0n) is 8.43. The summed E-state index contributed by atoms with van der Waals surface area (Å²) in [7, 11) is 4.22. The fourth-order valence-corrected chi connectivity index (χ4v) is 1.69. The van der Waals surface area contributed by atoms with E-state index in [2.05, 4.69) is 29.5 Å². The fourth-order valence-electron chi connectivity index (χ4n) is 1.69. The van der Waals surface area contributed by atoms with Crippen molar-refractivity contribution in [1.29, 1.82) is 0 Å². The summed E-state index contributed by atoms with van der Waals surface area (Å²) in [6.45, 7) is 5.74. The van der Waals surface area contributed by atoms with Gasteiger partial charge >= 0.3 is 0 Å². The van der Waals surface area contributed by atoms with Crippen molar-refractivity contribution < 1.29 is 0 Å². The van der Waals surface area contributed by atoms with Crippen LogP contribution in [0.2, 0.25) is 0 Å². The number of nitrogens with one attached hydrogen (secondary N) is 2. The molecular formula is C9H21N3. The summed E-state index contributed by atoms with van der Waals surface area (Å²) < 4.78 is 0. The van der Waals surface area contributed by atoms with Crippen molar-refractivity contribution in [3.63, 3.8) is 0 Å². The summed E-state index contributed by atoms with van der Waals surface area (Å²) in [6.07, 6.45) is 1.22. The molecule has 1 aliphatic heterocycles. The first kappa shape index (κ1) is 9.96. The normalized spacial score (nSPS) is 28.8. The van der Waals surface area contributed by atoms with Gasteiger partial charge in [0.1, 0.15) is 0 Å². The zero-order chi connectivity index (χ0) is 8.97. The third-order valence-electron chi connectivity index (χ3n) is 2.59. The van der Waals surface area contributed by atoms with Crippen LogP contribution in [0.15, 0.2) is 0 Å². The lowest BCUT2D eigenvalue weighted by atomic mass is 10.1. The van der Waals surface area contributed by atoms with Crippen LogP contribution in [-0.2, 0) is 0 Å². The standard InChI is InChI=1S/C9H21N3/c1-8(10-2)6-9-7-12(3)5-4-11-9/h8-11H,4-7H2,1-3H3. The minimum absolute atomic E-state index is 0.619. The van der Waals surface area contributed by atoms with Crippen molar-refractivity contribution in [1.82, 2.24) is 15.5 Å². The maximum atomic E-state index is 3.53. The lowest BCUT2D eigenvalue weighted by Gasteiger charge is -2.32. The molecule has 3 heteroatoms. The number of piperazine rings is 1. The Labute approximate surface area is 75.5 Å². The summed E-state index contributed by atoms with van der Waals surface area (Å²) in [5, 5.41) is 6.80. The van der Waals surface area contributed by atoms with E-state index < -0.39 is 0 Å². The summed E-state index contributed by atoms with van der Waals surface area (Å²) in [4.78, 5) is 2.39.